The molecule has 1 atom stereocenters. The molecule has 16 heavy (non-hydrogen) atoms. The number of carboxylic acid groups (broad SMARTS) is 1. The normalized spacial score (nSPS) is 11.5. The number of nitrogens with one attached hydrogen (secondary N) is 1. The molecule has 1 heterocycles. The van der Waals surface area contributed by atoms with E-state index in [0.29, 0.717) is 0 Å². The van der Waals surface area contributed by atoms with Crippen molar-refractivity contribution in [1.82, 2.24) is 4.98 Å². The van der Waals surface area contributed by atoms with Crippen LogP contribution in [-0.2, 0) is 0 Å². The second-order valence-electron chi connectivity index (χ2n) is 3.15. The van der Waals surface area contributed by atoms with Gasteiger partial charge in [-0.1, -0.05) is 0 Å². The van der Waals surface area contributed by atoms with Crippen molar-refractivity contribution in [3.05, 3.63) is 23.9 Å². The summed E-state index contributed by atoms with van der Waals surface area (Å²) < 4.78 is 0. The summed E-state index contributed by atoms with van der Waals surface area (Å²) in [6.07, 6.45) is 6.00. The Morgan fingerprint density at radius 2 is 2.44 bits per heavy atom. The fourth-order valence-electron chi connectivity index (χ4n) is 1.14. The topological polar surface area (TPSA) is 82.5 Å². The Hall–Kier alpha value is -2.06. The SMILES string of the molecule is C#CCC(O)CNc1ncccc1C(=O)O. The van der Waals surface area contributed by atoms with E-state index in [1.54, 1.807) is 0 Å². The second-order valence-corrected chi connectivity index (χ2v) is 3.15. The fraction of sp³-hybridized carbons (Fsp3) is 0.273. The summed E-state index contributed by atoms with van der Waals surface area (Å²) in [6, 6.07) is 2.97. The molecule has 0 radical (unpaired) electrons. The lowest BCUT2D eigenvalue weighted by Crippen LogP contribution is -2.20. The van der Waals surface area contributed by atoms with Gasteiger partial charge in [0.05, 0.1) is 6.10 Å². The number of aliphatic hydroxyl groups is 1. The first-order chi connectivity index (χ1) is 7.65. The van der Waals surface area contributed by atoms with E-state index in [9.17, 15) is 9.90 Å². The van der Waals surface area contributed by atoms with Crippen LogP contribution in [0.25, 0.3) is 0 Å². The number of hydrogen-bond donors (Lipinski definition) is 3. The minimum Gasteiger partial charge on any atom is -0.478 e. The van der Waals surface area contributed by atoms with Gasteiger partial charge in [-0.25, -0.2) is 9.78 Å². The molecular weight excluding hydrogens is 208 g/mol. The van der Waals surface area contributed by atoms with Crippen molar-refractivity contribution in [3.8, 4) is 12.3 Å². The number of anilines is 1. The Bertz CT molecular complexity index is 412. The van der Waals surface area contributed by atoms with Crippen LogP contribution in [0.15, 0.2) is 18.3 Å². The van der Waals surface area contributed by atoms with Gasteiger partial charge in [0.2, 0.25) is 0 Å². The quantitative estimate of drug-likeness (QED) is 0.632. The van der Waals surface area contributed by atoms with E-state index in [2.05, 4.69) is 16.2 Å². The number of carboxylic acids is 1. The number of carbonyl (C=O) groups is 1. The average Bonchev–Trinajstić information content (AvgIpc) is 2.27. The standard InChI is InChI=1S/C11H12N2O3/c1-2-4-8(14)7-13-10-9(11(15)16)5-3-6-12-10/h1,3,5-6,8,14H,4,7H2,(H,12,13)(H,15,16). The van der Waals surface area contributed by atoms with Gasteiger partial charge in [0.15, 0.2) is 0 Å². The van der Waals surface area contributed by atoms with Gasteiger partial charge >= 0.3 is 5.97 Å². The molecule has 0 aliphatic rings. The fourth-order valence-corrected chi connectivity index (χ4v) is 1.14. The van der Waals surface area contributed by atoms with Crippen LogP contribution in [0, 0.1) is 12.3 Å². The second kappa shape index (κ2) is 5.73. The van der Waals surface area contributed by atoms with Gasteiger partial charge < -0.3 is 15.5 Å². The largest absolute Gasteiger partial charge is 0.478 e. The van der Waals surface area contributed by atoms with Crippen molar-refractivity contribution in [2.45, 2.75) is 12.5 Å². The van der Waals surface area contributed by atoms with Gasteiger partial charge in [0.25, 0.3) is 0 Å². The van der Waals surface area contributed by atoms with E-state index in [1.165, 1.54) is 18.3 Å². The predicted molar refractivity (Wildman–Crippen MR) is 59.1 cm³/mol. The Labute approximate surface area is 93.1 Å². The molecule has 1 aromatic rings. The molecule has 0 saturated heterocycles. The van der Waals surface area contributed by atoms with Gasteiger partial charge in [0, 0.05) is 19.2 Å². The molecule has 5 heteroatoms. The zero-order valence-electron chi connectivity index (χ0n) is 8.55. The molecule has 5 nitrogen and oxygen atoms in total. The molecule has 0 aliphatic heterocycles. The highest BCUT2D eigenvalue weighted by atomic mass is 16.4. The highest BCUT2D eigenvalue weighted by molar-refractivity contribution is 5.92. The number of hydrogen-bond acceptors (Lipinski definition) is 4. The Balaban J connectivity index is 2.67. The third-order valence-electron chi connectivity index (χ3n) is 1.90. The molecule has 0 spiro atoms. The number of nitrogens with zero attached hydrogens (tertiary/aromatic N) is 1. The first-order valence-electron chi connectivity index (χ1n) is 4.69. The molecule has 1 rings (SSSR count). The molecule has 0 aromatic carbocycles. The lowest BCUT2D eigenvalue weighted by molar-refractivity contribution is 0.0697. The first-order valence-corrected chi connectivity index (χ1v) is 4.69. The molecule has 84 valence electrons. The van der Waals surface area contributed by atoms with Gasteiger partial charge in [-0.2, -0.15) is 0 Å². The van der Waals surface area contributed by atoms with E-state index >= 15 is 0 Å². The number of rotatable bonds is 5. The number of aliphatic hydroxyl groups excluding tert-OH is 1. The minimum atomic E-state index is -1.07. The third kappa shape index (κ3) is 3.26. The molecule has 0 amide bonds. The van der Waals surface area contributed by atoms with Crippen LogP contribution in [0.2, 0.25) is 0 Å². The van der Waals surface area contributed by atoms with Crippen LogP contribution in [0.1, 0.15) is 16.8 Å². The summed E-state index contributed by atoms with van der Waals surface area (Å²) in [6.45, 7) is 0.168. The molecule has 0 bridgehead atoms. The number of pyridine rings is 1. The number of aromatic carboxylic acids is 1. The van der Waals surface area contributed by atoms with Crippen molar-refractivity contribution >= 4 is 11.8 Å². The predicted octanol–water partition coefficient (Wildman–Crippen LogP) is 0.576. The molecular formula is C11H12N2O3. The zero-order chi connectivity index (χ0) is 12.0. The molecule has 1 aromatic heterocycles. The summed E-state index contributed by atoms with van der Waals surface area (Å²) in [4.78, 5) is 14.7. The van der Waals surface area contributed by atoms with Crippen molar-refractivity contribution in [2.75, 3.05) is 11.9 Å². The van der Waals surface area contributed by atoms with Crippen LogP contribution in [0.4, 0.5) is 5.82 Å². The van der Waals surface area contributed by atoms with Crippen molar-refractivity contribution in [1.29, 1.82) is 0 Å². The molecule has 3 N–H and O–H groups in total. The maximum atomic E-state index is 10.8. The van der Waals surface area contributed by atoms with Crippen LogP contribution < -0.4 is 5.32 Å². The van der Waals surface area contributed by atoms with Crippen LogP contribution in [0.3, 0.4) is 0 Å². The maximum absolute atomic E-state index is 10.8. The highest BCUT2D eigenvalue weighted by Gasteiger charge is 2.11. The molecule has 0 saturated carbocycles. The van der Waals surface area contributed by atoms with Gasteiger partial charge in [0.1, 0.15) is 11.4 Å². The smallest absolute Gasteiger partial charge is 0.339 e. The van der Waals surface area contributed by atoms with Crippen LogP contribution in [0.5, 0.6) is 0 Å². The van der Waals surface area contributed by atoms with Gasteiger partial charge in [-0.3, -0.25) is 0 Å². The Morgan fingerprint density at radius 3 is 3.06 bits per heavy atom. The summed E-state index contributed by atoms with van der Waals surface area (Å²) >= 11 is 0. The Kier molecular flexibility index (Phi) is 4.30. The third-order valence-corrected chi connectivity index (χ3v) is 1.90. The minimum absolute atomic E-state index is 0.0652. The van der Waals surface area contributed by atoms with Crippen LogP contribution >= 0.6 is 0 Å². The average molecular weight is 220 g/mol. The lowest BCUT2D eigenvalue weighted by atomic mass is 10.2. The number of terminal acetylenes is 1. The van der Waals surface area contributed by atoms with E-state index in [0.717, 1.165) is 0 Å². The summed E-state index contributed by atoms with van der Waals surface area (Å²) in [5.74, 6) is 1.47. The van der Waals surface area contributed by atoms with E-state index in [1.807, 2.05) is 0 Å². The monoisotopic (exact) mass is 220 g/mol. The van der Waals surface area contributed by atoms with Crippen LogP contribution in [-0.4, -0.2) is 33.8 Å². The van der Waals surface area contributed by atoms with E-state index in [-0.39, 0.29) is 24.3 Å². The first kappa shape index (κ1) is 12.0. The molecule has 0 fully saturated rings. The lowest BCUT2D eigenvalue weighted by Gasteiger charge is -2.11. The maximum Gasteiger partial charge on any atom is 0.339 e. The summed E-state index contributed by atoms with van der Waals surface area (Å²) in [5.41, 5.74) is 0.0652. The summed E-state index contributed by atoms with van der Waals surface area (Å²) in [7, 11) is 0. The van der Waals surface area contributed by atoms with E-state index in [4.69, 9.17) is 11.5 Å². The van der Waals surface area contributed by atoms with Gasteiger partial charge in [-0.15, -0.1) is 12.3 Å². The zero-order valence-corrected chi connectivity index (χ0v) is 8.55. The van der Waals surface area contributed by atoms with Gasteiger partial charge in [-0.05, 0) is 12.1 Å². The van der Waals surface area contributed by atoms with Crippen molar-refractivity contribution in [3.63, 3.8) is 0 Å². The molecule has 0 aliphatic carbocycles. The van der Waals surface area contributed by atoms with Crippen molar-refractivity contribution < 1.29 is 15.0 Å². The number of aromatic nitrogens is 1. The molecule has 1 unspecified atom stereocenters. The summed E-state index contributed by atoms with van der Waals surface area (Å²) in [5, 5.41) is 21.0. The highest BCUT2D eigenvalue weighted by Crippen LogP contribution is 2.11. The van der Waals surface area contributed by atoms with Crippen molar-refractivity contribution in [2.24, 2.45) is 0 Å². The van der Waals surface area contributed by atoms with E-state index < -0.39 is 12.1 Å². The Morgan fingerprint density at radius 1 is 1.69 bits per heavy atom.